The Bertz CT molecular complexity index is 629. The zero-order chi connectivity index (χ0) is 16.2. The normalized spacial score (nSPS) is 36.4. The van der Waals surface area contributed by atoms with Crippen LogP contribution in [0.2, 0.25) is 5.02 Å². The number of aryl methyl sites for hydroxylation is 1. The summed E-state index contributed by atoms with van der Waals surface area (Å²) in [6.45, 7) is 5.55. The van der Waals surface area contributed by atoms with Crippen LogP contribution in [0, 0.1) is 24.6 Å². The molecule has 4 rings (SSSR count). The fourth-order valence-corrected chi connectivity index (χ4v) is 4.81. The number of ether oxygens (including phenoxy) is 1. The van der Waals surface area contributed by atoms with Gasteiger partial charge >= 0.3 is 0 Å². The molecule has 126 valence electrons. The summed E-state index contributed by atoms with van der Waals surface area (Å²) < 4.78 is 20.7. The molecule has 6 heteroatoms. The van der Waals surface area contributed by atoms with Crippen molar-refractivity contribution in [1.82, 2.24) is 10.2 Å². The molecule has 3 saturated heterocycles. The molecule has 2 bridgehead atoms. The third kappa shape index (κ3) is 2.41. The lowest BCUT2D eigenvalue weighted by molar-refractivity contribution is -0.0747. The molecule has 0 unspecified atom stereocenters. The molecule has 1 aromatic carbocycles. The average Bonchev–Trinajstić information content (AvgIpc) is 2.95. The SMILES string of the molecule is Cc1ccc(Cl)c(CN2C[C@@H]3[C@H](CO)[C@H]4CNC[C@]3(C2)O4)c1F. The van der Waals surface area contributed by atoms with E-state index in [4.69, 9.17) is 16.3 Å². The van der Waals surface area contributed by atoms with Crippen LogP contribution in [0.1, 0.15) is 11.1 Å². The number of nitrogens with one attached hydrogen (secondary N) is 1. The summed E-state index contributed by atoms with van der Waals surface area (Å²) in [4.78, 5) is 2.21. The highest BCUT2D eigenvalue weighted by molar-refractivity contribution is 6.31. The maximum Gasteiger partial charge on any atom is 0.132 e. The van der Waals surface area contributed by atoms with Crippen molar-refractivity contribution in [3.8, 4) is 0 Å². The quantitative estimate of drug-likeness (QED) is 0.876. The second-order valence-corrected chi connectivity index (χ2v) is 7.54. The number of hydrogen-bond acceptors (Lipinski definition) is 4. The predicted molar refractivity (Wildman–Crippen MR) is 86.0 cm³/mol. The summed E-state index contributed by atoms with van der Waals surface area (Å²) in [5.74, 6) is 0.235. The minimum atomic E-state index is -0.247. The number of halogens is 2. The largest absolute Gasteiger partial charge is 0.396 e. The Labute approximate surface area is 140 Å². The van der Waals surface area contributed by atoms with Crippen molar-refractivity contribution in [2.75, 3.05) is 32.8 Å². The Morgan fingerprint density at radius 1 is 1.52 bits per heavy atom. The van der Waals surface area contributed by atoms with Gasteiger partial charge in [-0.2, -0.15) is 0 Å². The van der Waals surface area contributed by atoms with E-state index < -0.39 is 0 Å². The molecule has 2 N–H and O–H groups in total. The monoisotopic (exact) mass is 340 g/mol. The van der Waals surface area contributed by atoms with Crippen molar-refractivity contribution in [1.29, 1.82) is 0 Å². The summed E-state index contributed by atoms with van der Waals surface area (Å²) in [6, 6.07) is 3.47. The fourth-order valence-electron chi connectivity index (χ4n) is 4.60. The van der Waals surface area contributed by atoms with Crippen LogP contribution in [0.4, 0.5) is 4.39 Å². The molecule has 0 amide bonds. The van der Waals surface area contributed by atoms with Crippen molar-refractivity contribution in [2.45, 2.75) is 25.2 Å². The van der Waals surface area contributed by atoms with Crippen molar-refractivity contribution in [3.05, 3.63) is 34.1 Å². The van der Waals surface area contributed by atoms with Gasteiger partial charge in [0.15, 0.2) is 0 Å². The minimum absolute atomic E-state index is 0.0974. The zero-order valence-corrected chi connectivity index (χ0v) is 13.9. The molecule has 23 heavy (non-hydrogen) atoms. The lowest BCUT2D eigenvalue weighted by Crippen LogP contribution is -2.52. The van der Waals surface area contributed by atoms with Gasteiger partial charge in [0.05, 0.1) is 11.7 Å². The first kappa shape index (κ1) is 15.8. The number of aliphatic hydroxyl groups excluding tert-OH is 1. The second-order valence-electron chi connectivity index (χ2n) is 7.13. The number of aliphatic hydroxyl groups is 1. The molecule has 4 atom stereocenters. The van der Waals surface area contributed by atoms with E-state index in [1.165, 1.54) is 0 Å². The topological polar surface area (TPSA) is 44.7 Å². The van der Waals surface area contributed by atoms with Crippen molar-refractivity contribution >= 4 is 11.6 Å². The van der Waals surface area contributed by atoms with Gasteiger partial charge in [-0.05, 0) is 18.6 Å². The summed E-state index contributed by atoms with van der Waals surface area (Å²) in [6.07, 6.45) is 0.0974. The molecule has 4 nitrogen and oxygen atoms in total. The Kier molecular flexibility index (Phi) is 3.89. The highest BCUT2D eigenvalue weighted by atomic mass is 35.5. The van der Waals surface area contributed by atoms with Crippen molar-refractivity contribution in [3.63, 3.8) is 0 Å². The summed E-state index contributed by atoms with van der Waals surface area (Å²) in [7, 11) is 0. The number of morpholine rings is 1. The predicted octanol–water partition coefficient (Wildman–Crippen LogP) is 1.57. The third-order valence-electron chi connectivity index (χ3n) is 5.74. The summed E-state index contributed by atoms with van der Waals surface area (Å²) >= 11 is 6.21. The van der Waals surface area contributed by atoms with E-state index in [9.17, 15) is 9.50 Å². The second kappa shape index (κ2) is 5.67. The van der Waals surface area contributed by atoms with E-state index in [0.29, 0.717) is 28.6 Å². The van der Waals surface area contributed by atoms with Crippen LogP contribution in [0.3, 0.4) is 0 Å². The minimum Gasteiger partial charge on any atom is -0.396 e. The van der Waals surface area contributed by atoms with Gasteiger partial charge in [-0.1, -0.05) is 17.7 Å². The van der Waals surface area contributed by atoms with E-state index in [2.05, 4.69) is 10.2 Å². The highest BCUT2D eigenvalue weighted by Gasteiger charge is 2.60. The third-order valence-corrected chi connectivity index (χ3v) is 6.10. The van der Waals surface area contributed by atoms with Gasteiger partial charge in [-0.3, -0.25) is 4.90 Å². The van der Waals surface area contributed by atoms with Gasteiger partial charge in [0.1, 0.15) is 5.82 Å². The van der Waals surface area contributed by atoms with E-state index in [0.717, 1.165) is 26.2 Å². The molecule has 0 radical (unpaired) electrons. The number of likely N-dealkylation sites (tertiary alicyclic amines) is 1. The average molecular weight is 341 g/mol. The molecule has 0 saturated carbocycles. The van der Waals surface area contributed by atoms with Crippen LogP contribution in [-0.4, -0.2) is 54.5 Å². The first-order valence-corrected chi connectivity index (χ1v) is 8.57. The van der Waals surface area contributed by atoms with Gasteiger partial charge < -0.3 is 15.2 Å². The maximum absolute atomic E-state index is 14.4. The van der Waals surface area contributed by atoms with Gasteiger partial charge in [-0.15, -0.1) is 0 Å². The Morgan fingerprint density at radius 3 is 3.13 bits per heavy atom. The number of fused-ring (bicyclic) bond motifs is 1. The fraction of sp³-hybridized carbons (Fsp3) is 0.647. The van der Waals surface area contributed by atoms with Crippen LogP contribution in [0.25, 0.3) is 0 Å². The van der Waals surface area contributed by atoms with E-state index >= 15 is 0 Å². The van der Waals surface area contributed by atoms with Gasteiger partial charge in [0.2, 0.25) is 0 Å². The zero-order valence-electron chi connectivity index (χ0n) is 13.2. The highest BCUT2D eigenvalue weighted by Crippen LogP contribution is 2.47. The molecule has 1 aromatic rings. The number of nitrogens with zero attached hydrogens (tertiary/aromatic N) is 1. The first-order valence-electron chi connectivity index (χ1n) is 8.19. The lowest BCUT2D eigenvalue weighted by Gasteiger charge is -2.34. The molecule has 3 fully saturated rings. The molecule has 1 spiro atoms. The van der Waals surface area contributed by atoms with Crippen molar-refractivity contribution < 1.29 is 14.2 Å². The van der Waals surface area contributed by atoms with Crippen LogP contribution in [-0.2, 0) is 11.3 Å². The molecule has 3 aliphatic rings. The van der Waals surface area contributed by atoms with E-state index in [1.807, 2.05) is 0 Å². The van der Waals surface area contributed by atoms with Gasteiger partial charge in [0, 0.05) is 61.8 Å². The molecular weight excluding hydrogens is 319 g/mol. The summed E-state index contributed by atoms with van der Waals surface area (Å²) in [5.41, 5.74) is 0.929. The van der Waals surface area contributed by atoms with E-state index in [-0.39, 0.29) is 30.0 Å². The smallest absolute Gasteiger partial charge is 0.132 e. The van der Waals surface area contributed by atoms with Crippen LogP contribution in [0.15, 0.2) is 12.1 Å². The van der Waals surface area contributed by atoms with Crippen molar-refractivity contribution in [2.24, 2.45) is 11.8 Å². The molecule has 0 aromatic heterocycles. The maximum atomic E-state index is 14.4. The summed E-state index contributed by atoms with van der Waals surface area (Å²) in [5, 5.41) is 13.7. The molecule has 3 heterocycles. The number of benzene rings is 1. The molecule has 3 aliphatic heterocycles. The lowest BCUT2D eigenvalue weighted by atomic mass is 9.83. The Hall–Kier alpha value is -0.720. The van der Waals surface area contributed by atoms with Crippen LogP contribution < -0.4 is 5.32 Å². The Morgan fingerprint density at radius 2 is 2.35 bits per heavy atom. The molecular formula is C17H22ClFN2O2. The standard InChI is InChI=1S/C17H22ClFN2O2/c1-10-2-3-14(18)11(16(10)19)5-21-6-13-12(7-22)15-4-20-8-17(13,9-21)23-15/h2-3,12-13,15,20,22H,4-9H2,1H3/t12-,13+,15+,17+/m0/s1. The molecule has 0 aliphatic carbocycles. The number of rotatable bonds is 3. The Balaban J connectivity index is 1.57. The van der Waals surface area contributed by atoms with E-state index in [1.54, 1.807) is 19.1 Å². The number of hydrogen-bond donors (Lipinski definition) is 2. The van der Waals surface area contributed by atoms with Gasteiger partial charge in [-0.25, -0.2) is 4.39 Å². The first-order chi connectivity index (χ1) is 11.0. The van der Waals surface area contributed by atoms with Crippen LogP contribution >= 0.6 is 11.6 Å². The van der Waals surface area contributed by atoms with Crippen LogP contribution in [0.5, 0.6) is 0 Å². The van der Waals surface area contributed by atoms with Gasteiger partial charge in [0.25, 0.3) is 0 Å².